The van der Waals surface area contributed by atoms with Crippen LogP contribution in [-0.4, -0.2) is 43.0 Å². The number of nitrogens with one attached hydrogen (secondary N) is 1. The molecule has 0 saturated carbocycles. The molecule has 1 amide bonds. The van der Waals surface area contributed by atoms with Crippen molar-refractivity contribution in [2.24, 2.45) is 17.6 Å². The number of nitrogens with zero attached hydrogens (tertiary/aromatic N) is 1. The van der Waals surface area contributed by atoms with E-state index < -0.39 is 0 Å². The number of nitrogens with two attached hydrogens (primary N) is 1. The minimum absolute atomic E-state index is 0.151. The van der Waals surface area contributed by atoms with Crippen molar-refractivity contribution in [1.29, 1.82) is 0 Å². The van der Waals surface area contributed by atoms with E-state index in [1.807, 2.05) is 0 Å². The van der Waals surface area contributed by atoms with E-state index in [9.17, 15) is 4.79 Å². The van der Waals surface area contributed by atoms with Crippen LogP contribution in [0.15, 0.2) is 0 Å². The Hall–Kier alpha value is -0.610. The molecule has 17 heavy (non-hydrogen) atoms. The molecule has 1 heterocycles. The fourth-order valence-electron chi connectivity index (χ4n) is 2.21. The molecule has 0 aromatic carbocycles. The summed E-state index contributed by atoms with van der Waals surface area (Å²) in [5.74, 6) is 1.30. The van der Waals surface area contributed by atoms with E-state index in [0.717, 1.165) is 32.5 Å². The number of piperidine rings is 1. The highest BCUT2D eigenvalue weighted by atomic mass is 16.2. The summed E-state index contributed by atoms with van der Waals surface area (Å²) in [6.07, 6.45) is 2.24. The van der Waals surface area contributed by atoms with Crippen molar-refractivity contribution in [2.45, 2.75) is 39.7 Å². The van der Waals surface area contributed by atoms with E-state index >= 15 is 0 Å². The highest BCUT2D eigenvalue weighted by Crippen LogP contribution is 2.18. The van der Waals surface area contributed by atoms with Crippen molar-refractivity contribution < 1.29 is 4.79 Å². The maximum Gasteiger partial charge on any atom is 0.234 e. The van der Waals surface area contributed by atoms with Gasteiger partial charge in [0.1, 0.15) is 0 Å². The van der Waals surface area contributed by atoms with Gasteiger partial charge in [-0.1, -0.05) is 13.8 Å². The number of rotatable bonds is 5. The van der Waals surface area contributed by atoms with Gasteiger partial charge in [0.15, 0.2) is 0 Å². The van der Waals surface area contributed by atoms with Gasteiger partial charge < -0.3 is 11.1 Å². The van der Waals surface area contributed by atoms with Gasteiger partial charge in [-0.05, 0) is 44.7 Å². The van der Waals surface area contributed by atoms with E-state index in [1.54, 1.807) is 0 Å². The van der Waals surface area contributed by atoms with Gasteiger partial charge in [0.05, 0.1) is 6.54 Å². The standard InChI is InChI=1S/C13H27N3O/c1-10(2)8-15-13(17)9-16-6-4-12(5-7-16)11(3)14/h10-12H,4-9,14H2,1-3H3,(H,15,17). The highest BCUT2D eigenvalue weighted by molar-refractivity contribution is 5.77. The quantitative estimate of drug-likeness (QED) is 0.749. The molecule has 100 valence electrons. The summed E-state index contributed by atoms with van der Waals surface area (Å²) in [5, 5.41) is 2.96. The molecule has 3 N–H and O–H groups in total. The lowest BCUT2D eigenvalue weighted by Crippen LogP contribution is -2.44. The normalized spacial score (nSPS) is 20.5. The second-order valence-corrected chi connectivity index (χ2v) is 5.67. The molecule has 1 aliphatic rings. The molecule has 0 aromatic rings. The molecule has 0 aliphatic carbocycles. The molecular formula is C13H27N3O. The summed E-state index contributed by atoms with van der Waals surface area (Å²) in [6, 6.07) is 0.284. The van der Waals surface area contributed by atoms with Gasteiger partial charge >= 0.3 is 0 Å². The average Bonchev–Trinajstić information content (AvgIpc) is 2.27. The maximum absolute atomic E-state index is 11.7. The second kappa shape index (κ2) is 6.97. The molecule has 0 spiro atoms. The third-order valence-corrected chi connectivity index (χ3v) is 3.45. The Bertz CT molecular complexity index is 233. The molecule has 0 aromatic heterocycles. The van der Waals surface area contributed by atoms with Crippen molar-refractivity contribution in [2.75, 3.05) is 26.2 Å². The first-order chi connectivity index (χ1) is 7.99. The fourth-order valence-corrected chi connectivity index (χ4v) is 2.21. The summed E-state index contributed by atoms with van der Waals surface area (Å²) >= 11 is 0. The minimum Gasteiger partial charge on any atom is -0.355 e. The monoisotopic (exact) mass is 241 g/mol. The number of carbonyl (C=O) groups excluding carboxylic acids is 1. The van der Waals surface area contributed by atoms with Crippen LogP contribution in [0.5, 0.6) is 0 Å². The van der Waals surface area contributed by atoms with Crippen LogP contribution in [-0.2, 0) is 4.79 Å². The molecule has 0 radical (unpaired) electrons. The lowest BCUT2D eigenvalue weighted by molar-refractivity contribution is -0.122. The summed E-state index contributed by atoms with van der Waals surface area (Å²) in [5.41, 5.74) is 5.90. The SMILES string of the molecule is CC(C)CNC(=O)CN1CCC(C(C)N)CC1. The Balaban J connectivity index is 2.19. The van der Waals surface area contributed by atoms with Crippen molar-refractivity contribution in [1.82, 2.24) is 10.2 Å². The lowest BCUT2D eigenvalue weighted by Gasteiger charge is -2.33. The number of amides is 1. The van der Waals surface area contributed by atoms with E-state index in [-0.39, 0.29) is 11.9 Å². The predicted molar refractivity (Wildman–Crippen MR) is 70.7 cm³/mol. The summed E-state index contributed by atoms with van der Waals surface area (Å²) in [6.45, 7) is 9.61. The molecule has 4 heteroatoms. The molecule has 1 fully saturated rings. The average molecular weight is 241 g/mol. The molecule has 1 saturated heterocycles. The van der Waals surface area contributed by atoms with E-state index in [1.165, 1.54) is 0 Å². The van der Waals surface area contributed by atoms with Crippen molar-refractivity contribution in [3.8, 4) is 0 Å². The zero-order chi connectivity index (χ0) is 12.8. The first kappa shape index (κ1) is 14.5. The lowest BCUT2D eigenvalue weighted by atomic mass is 9.91. The topological polar surface area (TPSA) is 58.4 Å². The van der Waals surface area contributed by atoms with Crippen LogP contribution in [0.2, 0.25) is 0 Å². The smallest absolute Gasteiger partial charge is 0.234 e. The largest absolute Gasteiger partial charge is 0.355 e. The van der Waals surface area contributed by atoms with Gasteiger partial charge in [0, 0.05) is 12.6 Å². The maximum atomic E-state index is 11.7. The number of hydrogen-bond acceptors (Lipinski definition) is 3. The van der Waals surface area contributed by atoms with Crippen molar-refractivity contribution in [3.05, 3.63) is 0 Å². The third kappa shape index (κ3) is 5.50. The van der Waals surface area contributed by atoms with Crippen LogP contribution in [0.25, 0.3) is 0 Å². The zero-order valence-corrected chi connectivity index (χ0v) is 11.4. The second-order valence-electron chi connectivity index (χ2n) is 5.67. The molecule has 1 rings (SSSR count). The fraction of sp³-hybridized carbons (Fsp3) is 0.923. The van der Waals surface area contributed by atoms with E-state index in [0.29, 0.717) is 18.4 Å². The van der Waals surface area contributed by atoms with Crippen LogP contribution in [0, 0.1) is 11.8 Å². The van der Waals surface area contributed by atoms with Gasteiger partial charge in [0.25, 0.3) is 0 Å². The third-order valence-electron chi connectivity index (χ3n) is 3.45. The summed E-state index contributed by atoms with van der Waals surface area (Å²) < 4.78 is 0. The molecule has 1 unspecified atom stereocenters. The van der Waals surface area contributed by atoms with Gasteiger partial charge in [-0.25, -0.2) is 0 Å². The molecule has 0 bridgehead atoms. The van der Waals surface area contributed by atoms with Crippen molar-refractivity contribution in [3.63, 3.8) is 0 Å². The number of carbonyl (C=O) groups is 1. The summed E-state index contributed by atoms with van der Waals surface area (Å²) in [4.78, 5) is 13.9. The summed E-state index contributed by atoms with van der Waals surface area (Å²) in [7, 11) is 0. The van der Waals surface area contributed by atoms with E-state index in [4.69, 9.17) is 5.73 Å². The van der Waals surface area contributed by atoms with Gasteiger partial charge in [-0.3, -0.25) is 9.69 Å². The Morgan fingerprint density at radius 1 is 1.35 bits per heavy atom. The highest BCUT2D eigenvalue weighted by Gasteiger charge is 2.22. The van der Waals surface area contributed by atoms with Crippen LogP contribution in [0.4, 0.5) is 0 Å². The molecular weight excluding hydrogens is 214 g/mol. The first-order valence-corrected chi connectivity index (χ1v) is 6.73. The zero-order valence-electron chi connectivity index (χ0n) is 11.4. The van der Waals surface area contributed by atoms with Gasteiger partial charge in [0.2, 0.25) is 5.91 Å². The van der Waals surface area contributed by atoms with Gasteiger partial charge in [-0.2, -0.15) is 0 Å². The predicted octanol–water partition coefficient (Wildman–Crippen LogP) is 0.818. The van der Waals surface area contributed by atoms with Crippen LogP contribution >= 0.6 is 0 Å². The van der Waals surface area contributed by atoms with Gasteiger partial charge in [-0.15, -0.1) is 0 Å². The van der Waals surface area contributed by atoms with Crippen LogP contribution in [0.1, 0.15) is 33.6 Å². The van der Waals surface area contributed by atoms with Crippen LogP contribution in [0.3, 0.4) is 0 Å². The Morgan fingerprint density at radius 3 is 2.41 bits per heavy atom. The molecule has 4 nitrogen and oxygen atoms in total. The number of hydrogen-bond donors (Lipinski definition) is 2. The first-order valence-electron chi connectivity index (χ1n) is 6.73. The Morgan fingerprint density at radius 2 is 1.94 bits per heavy atom. The van der Waals surface area contributed by atoms with Crippen LogP contribution < -0.4 is 11.1 Å². The van der Waals surface area contributed by atoms with E-state index in [2.05, 4.69) is 31.0 Å². The Labute approximate surface area is 105 Å². The Kier molecular flexibility index (Phi) is 5.92. The van der Waals surface area contributed by atoms with Crippen molar-refractivity contribution >= 4 is 5.91 Å². The molecule has 1 aliphatic heterocycles. The molecule has 1 atom stereocenters. The minimum atomic E-state index is 0.151. The number of likely N-dealkylation sites (tertiary alicyclic amines) is 1.